The van der Waals surface area contributed by atoms with Crippen LogP contribution in [-0.2, 0) is 9.53 Å². The lowest BCUT2D eigenvalue weighted by atomic mass is 10.2. The number of benzene rings is 2. The molecular weight excluding hydrogens is 407 g/mol. The topological polar surface area (TPSA) is 98.5 Å². The molecule has 2 aromatic carbocycles. The number of non-ortho nitro benzene ring substituents is 1. The van der Waals surface area contributed by atoms with Gasteiger partial charge in [0.15, 0.2) is 6.10 Å². The fourth-order valence-corrected chi connectivity index (χ4v) is 2.38. The summed E-state index contributed by atoms with van der Waals surface area (Å²) < 4.78 is 5.06. The van der Waals surface area contributed by atoms with Crippen molar-refractivity contribution in [3.05, 3.63) is 67.1 Å². The molecule has 0 bridgehead atoms. The summed E-state index contributed by atoms with van der Waals surface area (Å²) in [5.74, 6) is -1.42. The van der Waals surface area contributed by atoms with E-state index in [9.17, 15) is 19.7 Å². The lowest BCUT2D eigenvalue weighted by Gasteiger charge is -2.14. The van der Waals surface area contributed by atoms with Crippen LogP contribution in [-0.4, -0.2) is 22.9 Å². The highest BCUT2D eigenvalue weighted by Crippen LogP contribution is 2.27. The monoisotopic (exact) mass is 416 g/mol. The van der Waals surface area contributed by atoms with Gasteiger partial charge in [0.2, 0.25) is 0 Å². The van der Waals surface area contributed by atoms with Crippen LogP contribution in [0, 0.1) is 10.1 Å². The fourth-order valence-electron chi connectivity index (χ4n) is 1.86. The highest BCUT2D eigenvalue weighted by molar-refractivity contribution is 6.42. The highest BCUT2D eigenvalue weighted by Gasteiger charge is 2.21. The summed E-state index contributed by atoms with van der Waals surface area (Å²) in [5, 5.41) is 13.6. The summed E-state index contributed by atoms with van der Waals surface area (Å²) in [6, 6.07) is 7.74. The van der Waals surface area contributed by atoms with E-state index in [0.29, 0.717) is 0 Å². The Hall–Kier alpha value is -2.35. The molecule has 1 atom stereocenters. The van der Waals surface area contributed by atoms with Crippen molar-refractivity contribution in [2.75, 3.05) is 5.32 Å². The molecule has 0 radical (unpaired) electrons. The van der Waals surface area contributed by atoms with E-state index in [2.05, 4.69) is 5.32 Å². The third-order valence-corrected chi connectivity index (χ3v) is 4.28. The van der Waals surface area contributed by atoms with Gasteiger partial charge in [-0.1, -0.05) is 34.8 Å². The van der Waals surface area contributed by atoms with Crippen molar-refractivity contribution in [2.24, 2.45) is 0 Å². The second-order valence-electron chi connectivity index (χ2n) is 5.09. The van der Waals surface area contributed by atoms with Crippen LogP contribution in [0.2, 0.25) is 15.1 Å². The van der Waals surface area contributed by atoms with Crippen LogP contribution in [0.3, 0.4) is 0 Å². The minimum absolute atomic E-state index is 0.0180. The van der Waals surface area contributed by atoms with Crippen LogP contribution >= 0.6 is 34.8 Å². The van der Waals surface area contributed by atoms with E-state index < -0.39 is 22.9 Å². The average Bonchev–Trinajstić information content (AvgIpc) is 2.58. The molecule has 136 valence electrons. The maximum atomic E-state index is 12.1. The Kier molecular flexibility index (Phi) is 6.42. The number of nitrogens with zero attached hydrogens (tertiary/aromatic N) is 1. The number of carbonyl (C=O) groups excluding carboxylic acids is 2. The standard InChI is InChI=1S/C16H11Cl3N2O5/c1-8(26-16(23)9-2-4-11(17)12(18)6-9)15(22)20-14-5-3-10(21(24)25)7-13(14)19/h2-8H,1H3,(H,20,22). The first-order valence-corrected chi connectivity index (χ1v) is 8.23. The first kappa shape index (κ1) is 20.0. The number of esters is 1. The molecule has 7 nitrogen and oxygen atoms in total. The van der Waals surface area contributed by atoms with Crippen LogP contribution in [0.4, 0.5) is 11.4 Å². The molecule has 1 N–H and O–H groups in total. The van der Waals surface area contributed by atoms with Gasteiger partial charge in [-0.15, -0.1) is 0 Å². The lowest BCUT2D eigenvalue weighted by molar-refractivity contribution is -0.384. The van der Waals surface area contributed by atoms with Crippen LogP contribution in [0.25, 0.3) is 0 Å². The number of rotatable bonds is 5. The van der Waals surface area contributed by atoms with Crippen LogP contribution < -0.4 is 5.32 Å². The minimum atomic E-state index is -1.15. The molecule has 0 aromatic heterocycles. The van der Waals surface area contributed by atoms with Gasteiger partial charge in [0, 0.05) is 12.1 Å². The SMILES string of the molecule is CC(OC(=O)c1ccc(Cl)c(Cl)c1)C(=O)Nc1ccc([N+](=O)[O-])cc1Cl. The zero-order valence-corrected chi connectivity index (χ0v) is 15.4. The number of halogens is 3. The molecule has 1 amide bonds. The van der Waals surface area contributed by atoms with Crippen molar-refractivity contribution < 1.29 is 19.2 Å². The van der Waals surface area contributed by atoms with Crippen LogP contribution in [0.1, 0.15) is 17.3 Å². The van der Waals surface area contributed by atoms with Crippen molar-refractivity contribution >= 4 is 58.1 Å². The number of carbonyl (C=O) groups is 2. The maximum Gasteiger partial charge on any atom is 0.338 e. The summed E-state index contributed by atoms with van der Waals surface area (Å²) in [4.78, 5) is 34.3. The molecule has 0 spiro atoms. The Labute approximate surface area is 162 Å². The van der Waals surface area contributed by atoms with Crippen LogP contribution in [0.5, 0.6) is 0 Å². The van der Waals surface area contributed by atoms with E-state index in [-0.39, 0.29) is 32.0 Å². The van der Waals surface area contributed by atoms with Gasteiger partial charge in [0.25, 0.3) is 11.6 Å². The van der Waals surface area contributed by atoms with E-state index in [1.165, 1.54) is 37.3 Å². The summed E-state index contributed by atoms with van der Waals surface area (Å²) in [5.41, 5.74) is 0.0687. The molecule has 0 aliphatic heterocycles. The predicted octanol–water partition coefficient (Wildman–Crippen LogP) is 4.74. The molecule has 0 aliphatic rings. The van der Waals surface area contributed by atoms with E-state index in [1.54, 1.807) is 0 Å². The smallest absolute Gasteiger partial charge is 0.338 e. The van der Waals surface area contributed by atoms with E-state index in [4.69, 9.17) is 39.5 Å². The highest BCUT2D eigenvalue weighted by atomic mass is 35.5. The van der Waals surface area contributed by atoms with E-state index >= 15 is 0 Å². The molecule has 1 unspecified atom stereocenters. The first-order chi connectivity index (χ1) is 12.2. The number of ether oxygens (including phenoxy) is 1. The zero-order valence-electron chi connectivity index (χ0n) is 13.2. The molecule has 0 saturated carbocycles. The number of anilines is 1. The molecule has 26 heavy (non-hydrogen) atoms. The number of hydrogen-bond acceptors (Lipinski definition) is 5. The van der Waals surface area contributed by atoms with E-state index in [0.717, 1.165) is 6.07 Å². The molecule has 0 heterocycles. The van der Waals surface area contributed by atoms with Gasteiger partial charge in [0.05, 0.1) is 31.2 Å². The maximum absolute atomic E-state index is 12.1. The number of nitro groups is 1. The normalized spacial score (nSPS) is 11.5. The van der Waals surface area contributed by atoms with Gasteiger partial charge in [-0.05, 0) is 31.2 Å². The molecule has 0 aliphatic carbocycles. The minimum Gasteiger partial charge on any atom is -0.449 e. The van der Waals surface area contributed by atoms with Gasteiger partial charge in [-0.2, -0.15) is 0 Å². The van der Waals surface area contributed by atoms with Crippen molar-refractivity contribution in [3.8, 4) is 0 Å². The summed E-state index contributed by atoms with van der Waals surface area (Å²) >= 11 is 17.5. The third-order valence-electron chi connectivity index (χ3n) is 3.23. The Morgan fingerprint density at radius 2 is 1.77 bits per heavy atom. The molecule has 2 rings (SSSR count). The third kappa shape index (κ3) is 4.85. The fraction of sp³-hybridized carbons (Fsp3) is 0.125. The molecular formula is C16H11Cl3N2O5. The quantitative estimate of drug-likeness (QED) is 0.430. The second kappa shape index (κ2) is 8.35. The Morgan fingerprint density at radius 1 is 1.08 bits per heavy atom. The largest absolute Gasteiger partial charge is 0.449 e. The van der Waals surface area contributed by atoms with Crippen molar-refractivity contribution in [1.82, 2.24) is 0 Å². The zero-order chi connectivity index (χ0) is 19.4. The Balaban J connectivity index is 2.04. The molecule has 0 fully saturated rings. The van der Waals surface area contributed by atoms with Gasteiger partial charge in [-0.3, -0.25) is 14.9 Å². The van der Waals surface area contributed by atoms with Crippen molar-refractivity contribution in [3.63, 3.8) is 0 Å². The number of nitrogens with one attached hydrogen (secondary N) is 1. The molecule has 0 saturated heterocycles. The predicted molar refractivity (Wildman–Crippen MR) is 98.1 cm³/mol. The summed E-state index contributed by atoms with van der Waals surface area (Å²) in [6.07, 6.45) is -1.15. The average molecular weight is 418 g/mol. The second-order valence-corrected chi connectivity index (χ2v) is 6.31. The first-order valence-electron chi connectivity index (χ1n) is 7.10. The number of nitro benzene ring substituents is 1. The van der Waals surface area contributed by atoms with Crippen molar-refractivity contribution in [2.45, 2.75) is 13.0 Å². The number of amides is 1. The van der Waals surface area contributed by atoms with Gasteiger partial charge in [0.1, 0.15) is 0 Å². The molecule has 2 aromatic rings. The van der Waals surface area contributed by atoms with E-state index in [1.807, 2.05) is 0 Å². The summed E-state index contributed by atoms with van der Waals surface area (Å²) in [6.45, 7) is 1.37. The van der Waals surface area contributed by atoms with Gasteiger partial charge in [-0.25, -0.2) is 4.79 Å². The van der Waals surface area contributed by atoms with Gasteiger partial charge >= 0.3 is 5.97 Å². The van der Waals surface area contributed by atoms with Crippen molar-refractivity contribution in [1.29, 1.82) is 0 Å². The Morgan fingerprint density at radius 3 is 2.35 bits per heavy atom. The van der Waals surface area contributed by atoms with Crippen LogP contribution in [0.15, 0.2) is 36.4 Å². The van der Waals surface area contributed by atoms with Gasteiger partial charge < -0.3 is 10.1 Å². The molecule has 10 heteroatoms. The Bertz CT molecular complexity index is 888. The lowest BCUT2D eigenvalue weighted by Crippen LogP contribution is -2.30. The summed E-state index contributed by atoms with van der Waals surface area (Å²) in [7, 11) is 0. The number of hydrogen-bond donors (Lipinski definition) is 1.